The number of carbonyl (C=O) groups excluding carboxylic acids is 2. The van der Waals surface area contributed by atoms with E-state index in [2.05, 4.69) is 9.73 Å². The highest BCUT2D eigenvalue weighted by Crippen LogP contribution is 2.09. The van der Waals surface area contributed by atoms with E-state index in [9.17, 15) is 9.59 Å². The molecule has 6 heteroatoms. The SMILES string of the molecule is C/N=C/CN(CC(=O)OC)C(=O)OC(C)(C)C. The van der Waals surface area contributed by atoms with E-state index < -0.39 is 17.7 Å². The summed E-state index contributed by atoms with van der Waals surface area (Å²) in [5.74, 6) is -0.500. The second-order valence-electron chi connectivity index (χ2n) is 4.38. The third-order valence-corrected chi connectivity index (χ3v) is 1.68. The first-order valence-corrected chi connectivity index (χ1v) is 5.25. The van der Waals surface area contributed by atoms with E-state index in [1.54, 1.807) is 27.8 Å². The second-order valence-corrected chi connectivity index (χ2v) is 4.38. The van der Waals surface area contributed by atoms with Gasteiger partial charge in [-0.3, -0.25) is 14.7 Å². The number of nitrogens with zero attached hydrogens (tertiary/aromatic N) is 2. The number of hydrogen-bond acceptors (Lipinski definition) is 5. The molecule has 0 atom stereocenters. The fourth-order valence-corrected chi connectivity index (χ4v) is 0.931. The first kappa shape index (κ1) is 15.4. The lowest BCUT2D eigenvalue weighted by Crippen LogP contribution is -2.41. The summed E-state index contributed by atoms with van der Waals surface area (Å²) in [6, 6.07) is 0. The molecule has 98 valence electrons. The summed E-state index contributed by atoms with van der Waals surface area (Å²) in [4.78, 5) is 27.9. The van der Waals surface area contributed by atoms with E-state index >= 15 is 0 Å². The molecule has 0 radical (unpaired) electrons. The van der Waals surface area contributed by atoms with Crippen LogP contribution in [0.2, 0.25) is 0 Å². The summed E-state index contributed by atoms with van der Waals surface area (Å²) in [6.07, 6.45) is 0.954. The summed E-state index contributed by atoms with van der Waals surface area (Å²) in [5, 5.41) is 0. The maximum absolute atomic E-state index is 11.8. The molecule has 0 N–H and O–H groups in total. The van der Waals surface area contributed by atoms with E-state index in [-0.39, 0.29) is 13.1 Å². The van der Waals surface area contributed by atoms with Crippen LogP contribution in [0.3, 0.4) is 0 Å². The third-order valence-electron chi connectivity index (χ3n) is 1.68. The van der Waals surface area contributed by atoms with Crippen molar-refractivity contribution in [2.45, 2.75) is 26.4 Å². The molecule has 0 aromatic carbocycles. The number of hydrogen-bond donors (Lipinski definition) is 0. The largest absolute Gasteiger partial charge is 0.468 e. The third kappa shape index (κ3) is 7.32. The lowest BCUT2D eigenvalue weighted by atomic mass is 10.2. The Kier molecular flexibility index (Phi) is 6.23. The molecule has 0 aliphatic rings. The molecule has 0 aliphatic carbocycles. The smallest absolute Gasteiger partial charge is 0.411 e. The number of carbonyl (C=O) groups is 2. The fourth-order valence-electron chi connectivity index (χ4n) is 0.931. The number of rotatable bonds is 4. The van der Waals surface area contributed by atoms with Crippen LogP contribution in [-0.2, 0) is 14.3 Å². The molecule has 0 saturated carbocycles. The van der Waals surface area contributed by atoms with Crippen LogP contribution in [-0.4, -0.2) is 56.0 Å². The molecule has 0 unspecified atom stereocenters. The Labute approximate surface area is 102 Å². The van der Waals surface area contributed by atoms with Gasteiger partial charge in [0.2, 0.25) is 0 Å². The Morgan fingerprint density at radius 2 is 1.94 bits per heavy atom. The molecule has 0 spiro atoms. The minimum atomic E-state index is -0.602. The predicted molar refractivity (Wildman–Crippen MR) is 64.2 cm³/mol. The topological polar surface area (TPSA) is 68.2 Å². The molecule has 0 aromatic rings. The van der Waals surface area contributed by atoms with Gasteiger partial charge in [-0.15, -0.1) is 0 Å². The number of ether oxygens (including phenoxy) is 2. The predicted octanol–water partition coefficient (Wildman–Crippen LogP) is 1.10. The zero-order chi connectivity index (χ0) is 13.5. The maximum Gasteiger partial charge on any atom is 0.411 e. The van der Waals surface area contributed by atoms with Crippen LogP contribution < -0.4 is 0 Å². The Balaban J connectivity index is 4.55. The molecule has 0 aromatic heterocycles. The van der Waals surface area contributed by atoms with Crippen LogP contribution in [0.5, 0.6) is 0 Å². The maximum atomic E-state index is 11.8. The van der Waals surface area contributed by atoms with Gasteiger partial charge in [0.15, 0.2) is 0 Å². The van der Waals surface area contributed by atoms with Gasteiger partial charge >= 0.3 is 12.1 Å². The first-order chi connectivity index (χ1) is 7.80. The van der Waals surface area contributed by atoms with Crippen molar-refractivity contribution in [1.29, 1.82) is 0 Å². The van der Waals surface area contributed by atoms with Gasteiger partial charge in [0.05, 0.1) is 13.7 Å². The van der Waals surface area contributed by atoms with Crippen LogP contribution >= 0.6 is 0 Å². The zero-order valence-electron chi connectivity index (χ0n) is 11.0. The van der Waals surface area contributed by atoms with Crippen molar-refractivity contribution < 1.29 is 19.1 Å². The van der Waals surface area contributed by atoms with E-state index in [1.165, 1.54) is 18.2 Å². The van der Waals surface area contributed by atoms with Crippen molar-refractivity contribution in [1.82, 2.24) is 4.90 Å². The number of esters is 1. The minimum absolute atomic E-state index is 0.155. The van der Waals surface area contributed by atoms with Crippen molar-refractivity contribution in [3.63, 3.8) is 0 Å². The van der Waals surface area contributed by atoms with Crippen molar-refractivity contribution in [2.75, 3.05) is 27.2 Å². The molecule has 6 nitrogen and oxygen atoms in total. The van der Waals surface area contributed by atoms with Crippen LogP contribution in [0.1, 0.15) is 20.8 Å². The van der Waals surface area contributed by atoms with Gasteiger partial charge in [0.25, 0.3) is 0 Å². The molecule has 0 aliphatic heterocycles. The van der Waals surface area contributed by atoms with Crippen LogP contribution in [0.25, 0.3) is 0 Å². The van der Waals surface area contributed by atoms with Crippen molar-refractivity contribution in [3.05, 3.63) is 0 Å². The van der Waals surface area contributed by atoms with Crippen molar-refractivity contribution >= 4 is 18.3 Å². The molecular weight excluding hydrogens is 224 g/mol. The molecule has 0 bridgehead atoms. The lowest BCUT2D eigenvalue weighted by molar-refractivity contribution is -0.141. The standard InChI is InChI=1S/C11H20N2O4/c1-11(2,3)17-10(15)13(7-6-12-4)8-9(14)16-5/h6H,7-8H2,1-5H3/b12-6+. The average Bonchev–Trinajstić information content (AvgIpc) is 2.21. The molecule has 0 rings (SSSR count). The Morgan fingerprint density at radius 1 is 1.35 bits per heavy atom. The summed E-state index contributed by atoms with van der Waals surface area (Å²) >= 11 is 0. The van der Waals surface area contributed by atoms with Gasteiger partial charge < -0.3 is 9.47 Å². The summed E-state index contributed by atoms with van der Waals surface area (Å²) in [6.45, 7) is 5.33. The number of methoxy groups -OCH3 is 1. The lowest BCUT2D eigenvalue weighted by Gasteiger charge is -2.25. The van der Waals surface area contributed by atoms with E-state index in [4.69, 9.17) is 4.74 Å². The van der Waals surface area contributed by atoms with Crippen molar-refractivity contribution in [2.24, 2.45) is 4.99 Å². The normalized spacial score (nSPS) is 11.4. The van der Waals surface area contributed by atoms with Gasteiger partial charge in [-0.05, 0) is 20.8 Å². The molecule has 0 fully saturated rings. The van der Waals surface area contributed by atoms with Crippen LogP contribution in [0, 0.1) is 0 Å². The van der Waals surface area contributed by atoms with Gasteiger partial charge in [-0.2, -0.15) is 0 Å². The van der Waals surface area contributed by atoms with Gasteiger partial charge in [0.1, 0.15) is 12.1 Å². The van der Waals surface area contributed by atoms with Crippen LogP contribution in [0.4, 0.5) is 4.79 Å². The molecular formula is C11H20N2O4. The number of aliphatic imine (C=N–C) groups is 1. The highest BCUT2D eigenvalue weighted by molar-refractivity contribution is 5.80. The molecule has 0 heterocycles. The van der Waals surface area contributed by atoms with Crippen LogP contribution in [0.15, 0.2) is 4.99 Å². The molecule has 17 heavy (non-hydrogen) atoms. The highest BCUT2D eigenvalue weighted by atomic mass is 16.6. The number of amides is 1. The average molecular weight is 244 g/mol. The quantitative estimate of drug-likeness (QED) is 0.548. The molecule has 1 amide bonds. The van der Waals surface area contributed by atoms with E-state index in [1.807, 2.05) is 0 Å². The Hall–Kier alpha value is -1.59. The highest BCUT2D eigenvalue weighted by Gasteiger charge is 2.23. The van der Waals surface area contributed by atoms with E-state index in [0.717, 1.165) is 0 Å². The fraction of sp³-hybridized carbons (Fsp3) is 0.727. The van der Waals surface area contributed by atoms with Gasteiger partial charge in [-0.1, -0.05) is 0 Å². The summed E-state index contributed by atoms with van der Waals surface area (Å²) < 4.78 is 9.67. The zero-order valence-corrected chi connectivity index (χ0v) is 11.0. The molecule has 0 saturated heterocycles. The van der Waals surface area contributed by atoms with Crippen molar-refractivity contribution in [3.8, 4) is 0 Å². The summed E-state index contributed by atoms with van der Waals surface area (Å²) in [5.41, 5.74) is -0.602. The monoisotopic (exact) mass is 244 g/mol. The Bertz CT molecular complexity index is 294. The minimum Gasteiger partial charge on any atom is -0.468 e. The van der Waals surface area contributed by atoms with Gasteiger partial charge in [0, 0.05) is 13.3 Å². The van der Waals surface area contributed by atoms with Gasteiger partial charge in [-0.25, -0.2) is 4.79 Å². The first-order valence-electron chi connectivity index (χ1n) is 5.25. The van der Waals surface area contributed by atoms with E-state index in [0.29, 0.717) is 0 Å². The summed E-state index contributed by atoms with van der Waals surface area (Å²) in [7, 11) is 2.86. The second kappa shape index (κ2) is 6.88. The Morgan fingerprint density at radius 3 is 2.35 bits per heavy atom.